The molecule has 0 N–H and O–H groups in total. The molecular weight excluding hydrogens is 422 g/mol. The van der Waals surface area contributed by atoms with E-state index in [0.717, 1.165) is 23.9 Å². The van der Waals surface area contributed by atoms with E-state index in [-0.39, 0.29) is 25.2 Å². The molecule has 1 amide bonds. The van der Waals surface area contributed by atoms with Crippen molar-refractivity contribution in [2.45, 2.75) is 44.6 Å². The molecule has 0 spiro atoms. The molecule has 32 heavy (non-hydrogen) atoms. The summed E-state index contributed by atoms with van der Waals surface area (Å²) >= 11 is 0. The van der Waals surface area contributed by atoms with E-state index in [1.54, 1.807) is 21.7 Å². The Labute approximate surface area is 183 Å². The molecule has 3 aromatic heterocycles. The number of nitrogens with zero attached hydrogens (tertiary/aromatic N) is 4. The van der Waals surface area contributed by atoms with Gasteiger partial charge in [0.05, 0.1) is 29.9 Å². The number of carbonyl (C=O) groups is 1. The van der Waals surface area contributed by atoms with E-state index < -0.39 is 11.8 Å². The summed E-state index contributed by atoms with van der Waals surface area (Å²) in [6, 6.07) is 3.72. The van der Waals surface area contributed by atoms with E-state index in [4.69, 9.17) is 13.9 Å². The van der Waals surface area contributed by atoms with Crippen molar-refractivity contribution in [3.05, 3.63) is 48.4 Å². The first-order chi connectivity index (χ1) is 15.5. The van der Waals surface area contributed by atoms with Crippen LogP contribution >= 0.6 is 0 Å². The fourth-order valence-electron chi connectivity index (χ4n) is 4.11. The number of amides is 1. The van der Waals surface area contributed by atoms with Crippen molar-refractivity contribution in [1.29, 1.82) is 0 Å². The molecule has 8 nitrogen and oxygen atoms in total. The molecule has 5 rings (SSSR count). The Bertz CT molecular complexity index is 1070. The molecule has 0 radical (unpaired) electrons. The highest BCUT2D eigenvalue weighted by molar-refractivity contribution is 5.68. The zero-order chi connectivity index (χ0) is 22.1. The lowest BCUT2D eigenvalue weighted by Gasteiger charge is -2.31. The van der Waals surface area contributed by atoms with Gasteiger partial charge in [-0.05, 0) is 43.7 Å². The lowest BCUT2D eigenvalue weighted by Crippen LogP contribution is -2.38. The quantitative estimate of drug-likeness (QED) is 0.539. The lowest BCUT2D eigenvalue weighted by atomic mass is 9.90. The third kappa shape index (κ3) is 4.13. The monoisotopic (exact) mass is 446 g/mol. The highest BCUT2D eigenvalue weighted by Crippen LogP contribution is 2.50. The summed E-state index contributed by atoms with van der Waals surface area (Å²) in [6.45, 7) is 1.30. The van der Waals surface area contributed by atoms with Crippen molar-refractivity contribution >= 4 is 11.6 Å². The molecule has 1 aliphatic carbocycles. The molecule has 3 aromatic rings. The Kier molecular flexibility index (Phi) is 5.44. The third-order valence-electron chi connectivity index (χ3n) is 6.42. The number of piperidine rings is 1. The number of oxazole rings is 1. The number of alkyl halides is 2. The number of ether oxygens (including phenoxy) is 2. The van der Waals surface area contributed by atoms with Gasteiger partial charge in [0.1, 0.15) is 24.3 Å². The van der Waals surface area contributed by atoms with Gasteiger partial charge < -0.3 is 18.8 Å². The molecule has 10 heteroatoms. The van der Waals surface area contributed by atoms with Crippen LogP contribution in [0.5, 0.6) is 5.75 Å². The molecule has 0 atom stereocenters. The van der Waals surface area contributed by atoms with Crippen molar-refractivity contribution in [2.75, 3.05) is 19.7 Å². The Morgan fingerprint density at radius 1 is 1.28 bits per heavy atom. The normalized spacial score (nSPS) is 18.3. The summed E-state index contributed by atoms with van der Waals surface area (Å²) in [7, 11) is 0. The van der Waals surface area contributed by atoms with Crippen molar-refractivity contribution in [2.24, 2.45) is 5.41 Å². The molecule has 0 bridgehead atoms. The maximum atomic E-state index is 13.1. The summed E-state index contributed by atoms with van der Waals surface area (Å²) in [6.07, 6.45) is 6.22. The molecular formula is C22H24F2N4O4. The minimum Gasteiger partial charge on any atom is -0.491 e. The van der Waals surface area contributed by atoms with Gasteiger partial charge in [-0.3, -0.25) is 0 Å². The Morgan fingerprint density at radius 2 is 2.09 bits per heavy atom. The third-order valence-corrected chi connectivity index (χ3v) is 6.42. The predicted octanol–water partition coefficient (Wildman–Crippen LogP) is 4.26. The van der Waals surface area contributed by atoms with Crippen molar-refractivity contribution in [3.63, 3.8) is 0 Å². The maximum absolute atomic E-state index is 13.1. The highest BCUT2D eigenvalue weighted by Gasteiger charge is 2.52. The zero-order valence-electron chi connectivity index (χ0n) is 17.5. The van der Waals surface area contributed by atoms with Gasteiger partial charge in [-0.1, -0.05) is 0 Å². The second kappa shape index (κ2) is 8.40. The van der Waals surface area contributed by atoms with Crippen molar-refractivity contribution in [3.8, 4) is 5.75 Å². The Hall–Kier alpha value is -3.17. The van der Waals surface area contributed by atoms with E-state index in [9.17, 15) is 13.6 Å². The summed E-state index contributed by atoms with van der Waals surface area (Å²) in [4.78, 5) is 17.9. The minimum absolute atomic E-state index is 0.0233. The first-order valence-electron chi connectivity index (χ1n) is 10.7. The molecule has 2 fully saturated rings. The van der Waals surface area contributed by atoms with Crippen LogP contribution < -0.4 is 4.74 Å². The van der Waals surface area contributed by atoms with Gasteiger partial charge >= 0.3 is 6.09 Å². The maximum Gasteiger partial charge on any atom is 0.410 e. The lowest BCUT2D eigenvalue weighted by molar-refractivity contribution is 0.0314. The Morgan fingerprint density at radius 3 is 2.78 bits per heavy atom. The smallest absolute Gasteiger partial charge is 0.410 e. The van der Waals surface area contributed by atoms with Crippen molar-refractivity contribution < 1.29 is 27.5 Å². The number of fused-ring (bicyclic) bond motifs is 1. The summed E-state index contributed by atoms with van der Waals surface area (Å²) in [5, 5.41) is 4.43. The second-order valence-electron chi connectivity index (χ2n) is 8.54. The van der Waals surface area contributed by atoms with Gasteiger partial charge in [0.25, 0.3) is 0 Å². The minimum atomic E-state index is -2.35. The van der Waals surface area contributed by atoms with Crippen LogP contribution in [0.4, 0.5) is 13.6 Å². The van der Waals surface area contributed by atoms with Crippen LogP contribution in [0, 0.1) is 5.41 Å². The fraction of sp³-hybridized carbons (Fsp3) is 0.500. The number of rotatable bonds is 7. The molecule has 1 saturated carbocycles. The van der Waals surface area contributed by atoms with Gasteiger partial charge in [-0.2, -0.15) is 5.10 Å². The SMILES string of the molecule is O=C(OCc1cocn1)N1CCC(c2cnn3cc(OCC4(C(F)F)CC4)ccc23)CC1. The molecule has 170 valence electrons. The Balaban J connectivity index is 1.17. The first kappa shape index (κ1) is 20.7. The van der Waals surface area contributed by atoms with E-state index in [1.165, 1.54) is 12.7 Å². The van der Waals surface area contributed by atoms with Crippen LogP contribution in [0.15, 0.2) is 41.6 Å². The van der Waals surface area contributed by atoms with Crippen LogP contribution in [0.2, 0.25) is 0 Å². The topological polar surface area (TPSA) is 82.1 Å². The van der Waals surface area contributed by atoms with E-state index in [1.807, 2.05) is 12.3 Å². The van der Waals surface area contributed by atoms with Crippen LogP contribution in [-0.2, 0) is 11.3 Å². The molecule has 2 aliphatic rings. The molecule has 0 unspecified atom stereocenters. The van der Waals surface area contributed by atoms with Crippen LogP contribution in [0.25, 0.3) is 5.52 Å². The van der Waals surface area contributed by atoms with Gasteiger partial charge in [0.2, 0.25) is 6.43 Å². The summed E-state index contributed by atoms with van der Waals surface area (Å²) in [5.74, 6) is 0.802. The van der Waals surface area contributed by atoms with Gasteiger partial charge in [-0.25, -0.2) is 23.1 Å². The fourth-order valence-corrected chi connectivity index (χ4v) is 4.11. The predicted molar refractivity (Wildman–Crippen MR) is 109 cm³/mol. The number of hydrogen-bond donors (Lipinski definition) is 0. The molecule has 1 aliphatic heterocycles. The van der Waals surface area contributed by atoms with E-state index in [0.29, 0.717) is 37.4 Å². The molecule has 4 heterocycles. The number of halogens is 2. The average molecular weight is 446 g/mol. The van der Waals surface area contributed by atoms with Gasteiger partial charge in [0.15, 0.2) is 6.39 Å². The largest absolute Gasteiger partial charge is 0.491 e. The van der Waals surface area contributed by atoms with Crippen molar-refractivity contribution in [1.82, 2.24) is 19.5 Å². The van der Waals surface area contributed by atoms with Crippen LogP contribution in [0.1, 0.15) is 42.9 Å². The number of likely N-dealkylation sites (tertiary alicyclic amines) is 1. The number of pyridine rings is 1. The van der Waals surface area contributed by atoms with E-state index >= 15 is 0 Å². The number of carbonyl (C=O) groups excluding carboxylic acids is 1. The average Bonchev–Trinajstić information content (AvgIpc) is 3.22. The second-order valence-corrected chi connectivity index (χ2v) is 8.54. The molecule has 1 saturated heterocycles. The number of hydrogen-bond acceptors (Lipinski definition) is 6. The standard InChI is InChI=1S/C22H24F2N4O4/c23-20(24)22(5-6-22)13-32-17-1-2-19-18(9-26-28(19)10-17)15-3-7-27(8-4-15)21(29)31-12-16-11-30-14-25-16/h1-2,9-11,14-15,20H,3-8,12-13H2. The number of aromatic nitrogens is 3. The molecule has 0 aromatic carbocycles. The van der Waals surface area contributed by atoms with E-state index in [2.05, 4.69) is 10.1 Å². The first-order valence-corrected chi connectivity index (χ1v) is 10.7. The van der Waals surface area contributed by atoms with Gasteiger partial charge in [-0.15, -0.1) is 0 Å². The highest BCUT2D eigenvalue weighted by atomic mass is 19.3. The summed E-state index contributed by atoms with van der Waals surface area (Å²) < 4.78 is 43.7. The zero-order valence-corrected chi connectivity index (χ0v) is 17.5. The van der Waals surface area contributed by atoms with Crippen LogP contribution in [-0.4, -0.2) is 51.7 Å². The van der Waals surface area contributed by atoms with Crippen LogP contribution in [0.3, 0.4) is 0 Å². The van der Waals surface area contributed by atoms with Gasteiger partial charge in [0, 0.05) is 18.7 Å². The summed E-state index contributed by atoms with van der Waals surface area (Å²) in [5.41, 5.74) is 1.66.